The number of hydrogen-bond donors (Lipinski definition) is 0. The van der Waals surface area contributed by atoms with E-state index in [1.165, 1.54) is 0 Å². The quantitative estimate of drug-likeness (QED) is 0.528. The minimum atomic E-state index is 0.181. The summed E-state index contributed by atoms with van der Waals surface area (Å²) in [4.78, 5) is 12.0. The van der Waals surface area contributed by atoms with Crippen molar-refractivity contribution >= 4 is 5.91 Å². The number of amides is 1. The van der Waals surface area contributed by atoms with Gasteiger partial charge in [0.25, 0.3) is 0 Å². The molecule has 0 bridgehead atoms. The van der Waals surface area contributed by atoms with Crippen molar-refractivity contribution in [3.8, 4) is 0 Å². The van der Waals surface area contributed by atoms with E-state index < -0.39 is 0 Å². The Bertz CT molecular complexity index is 69.3. The maximum Gasteiger partial charge on any atom is 0.221 e. The molecular weight excluding hydrogens is 114 g/mol. The molecule has 56 valence electrons. The zero-order valence-corrected chi connectivity index (χ0v) is 7.06. The molecule has 0 saturated heterocycles. The fourth-order valence-corrected chi connectivity index (χ4v) is 0.316. The first-order valence-corrected chi connectivity index (χ1v) is 3.38. The highest BCUT2D eigenvalue weighted by Gasteiger charge is 1.95. The number of hydrogen-bond acceptors (Lipinski definition) is 1. The van der Waals surface area contributed by atoms with Crippen molar-refractivity contribution in [3.05, 3.63) is 0 Å². The lowest BCUT2D eigenvalue weighted by Crippen LogP contribution is -2.19. The lowest BCUT2D eigenvalue weighted by molar-refractivity contribution is -0.128. The summed E-state index contributed by atoms with van der Waals surface area (Å²) in [6.45, 7) is 5.85. The molecular formula is C7H17NO. The highest BCUT2D eigenvalue weighted by molar-refractivity contribution is 5.75. The average molecular weight is 131 g/mol. The molecule has 0 unspecified atom stereocenters. The van der Waals surface area contributed by atoms with Crippen LogP contribution in [0.15, 0.2) is 0 Å². The Balaban J connectivity index is 0. The average Bonchev–Trinajstić information content (AvgIpc) is 1.91. The van der Waals surface area contributed by atoms with E-state index in [0.29, 0.717) is 6.42 Å². The predicted molar refractivity (Wildman–Crippen MR) is 40.3 cm³/mol. The Morgan fingerprint density at radius 1 is 1.33 bits per heavy atom. The van der Waals surface area contributed by atoms with Crippen LogP contribution < -0.4 is 0 Å². The van der Waals surface area contributed by atoms with E-state index in [9.17, 15) is 4.79 Å². The van der Waals surface area contributed by atoms with Crippen LogP contribution >= 0.6 is 0 Å². The molecule has 1 amide bonds. The van der Waals surface area contributed by atoms with Crippen molar-refractivity contribution in [1.29, 1.82) is 0 Å². The maximum absolute atomic E-state index is 10.4. The van der Waals surface area contributed by atoms with Crippen LogP contribution in [-0.2, 0) is 4.79 Å². The zero-order chi connectivity index (χ0) is 7.86. The molecule has 0 aliphatic carbocycles. The first-order chi connectivity index (χ1) is 4.18. The third kappa shape index (κ3) is 7.47. The highest BCUT2D eigenvalue weighted by Crippen LogP contribution is 1.81. The first kappa shape index (κ1) is 11.3. The van der Waals surface area contributed by atoms with E-state index in [1.54, 1.807) is 19.0 Å². The monoisotopic (exact) mass is 131 g/mol. The predicted octanol–water partition coefficient (Wildman–Crippen LogP) is 1.51. The summed E-state index contributed by atoms with van der Waals surface area (Å²) in [5, 5.41) is 0. The number of rotatable bonds is 1. The number of carbonyl (C=O) groups is 1. The van der Waals surface area contributed by atoms with Gasteiger partial charge >= 0.3 is 0 Å². The van der Waals surface area contributed by atoms with Crippen molar-refractivity contribution in [2.24, 2.45) is 0 Å². The van der Waals surface area contributed by atoms with Crippen LogP contribution in [0.1, 0.15) is 27.2 Å². The van der Waals surface area contributed by atoms with Gasteiger partial charge in [0.05, 0.1) is 0 Å². The van der Waals surface area contributed by atoms with E-state index in [4.69, 9.17) is 0 Å². The molecule has 0 aromatic heterocycles. The summed E-state index contributed by atoms with van der Waals surface area (Å²) in [5.41, 5.74) is 0. The molecule has 2 nitrogen and oxygen atoms in total. The maximum atomic E-state index is 10.4. The van der Waals surface area contributed by atoms with Gasteiger partial charge in [-0.05, 0) is 0 Å². The Hall–Kier alpha value is -0.530. The van der Waals surface area contributed by atoms with Crippen molar-refractivity contribution < 1.29 is 4.79 Å². The number of carbonyl (C=O) groups excluding carboxylic acids is 1. The van der Waals surface area contributed by atoms with E-state index in [2.05, 4.69) is 0 Å². The largest absolute Gasteiger partial charge is 0.349 e. The zero-order valence-electron chi connectivity index (χ0n) is 7.06. The molecule has 0 atom stereocenters. The molecule has 0 fully saturated rings. The summed E-state index contributed by atoms with van der Waals surface area (Å²) < 4.78 is 0. The second-order valence-corrected chi connectivity index (χ2v) is 1.64. The number of nitrogens with zero attached hydrogens (tertiary/aromatic N) is 1. The van der Waals surface area contributed by atoms with E-state index >= 15 is 0 Å². The smallest absolute Gasteiger partial charge is 0.221 e. The standard InChI is InChI=1S/C5H11NO.C2H6/c1-4-5(7)6(2)3;1-2/h4H2,1-3H3;1-2H3. The van der Waals surface area contributed by atoms with Gasteiger partial charge in [0, 0.05) is 20.5 Å². The third-order valence-corrected chi connectivity index (χ3v) is 0.801. The van der Waals surface area contributed by atoms with Crippen molar-refractivity contribution in [2.75, 3.05) is 14.1 Å². The van der Waals surface area contributed by atoms with Crippen LogP contribution in [0.25, 0.3) is 0 Å². The molecule has 0 aliphatic rings. The molecule has 0 rings (SSSR count). The Kier molecular flexibility index (Phi) is 9.37. The molecule has 0 spiro atoms. The van der Waals surface area contributed by atoms with Crippen molar-refractivity contribution in [3.63, 3.8) is 0 Å². The van der Waals surface area contributed by atoms with E-state index in [1.807, 2.05) is 20.8 Å². The van der Waals surface area contributed by atoms with E-state index in [0.717, 1.165) is 0 Å². The van der Waals surface area contributed by atoms with Gasteiger partial charge in [-0.1, -0.05) is 20.8 Å². The SMILES string of the molecule is CC.CCC(=O)N(C)C. The van der Waals surface area contributed by atoms with Crippen LogP contribution in [0.2, 0.25) is 0 Å². The van der Waals surface area contributed by atoms with Gasteiger partial charge in [-0.15, -0.1) is 0 Å². The van der Waals surface area contributed by atoms with Crippen LogP contribution in [-0.4, -0.2) is 24.9 Å². The Labute approximate surface area is 57.9 Å². The minimum absolute atomic E-state index is 0.181. The van der Waals surface area contributed by atoms with Gasteiger partial charge in [-0.2, -0.15) is 0 Å². The summed E-state index contributed by atoms with van der Waals surface area (Å²) in [7, 11) is 3.51. The van der Waals surface area contributed by atoms with Crippen molar-refractivity contribution in [1.82, 2.24) is 4.90 Å². The molecule has 0 aliphatic heterocycles. The normalized spacial score (nSPS) is 7.22. The Morgan fingerprint density at radius 3 is 1.67 bits per heavy atom. The van der Waals surface area contributed by atoms with Crippen LogP contribution in [0, 0.1) is 0 Å². The van der Waals surface area contributed by atoms with Gasteiger partial charge in [0.15, 0.2) is 0 Å². The van der Waals surface area contributed by atoms with Gasteiger partial charge in [-0.25, -0.2) is 0 Å². The summed E-state index contributed by atoms with van der Waals surface area (Å²) >= 11 is 0. The first-order valence-electron chi connectivity index (χ1n) is 3.38. The van der Waals surface area contributed by atoms with Crippen LogP contribution in [0.3, 0.4) is 0 Å². The molecule has 2 heteroatoms. The van der Waals surface area contributed by atoms with E-state index in [-0.39, 0.29) is 5.91 Å². The lowest BCUT2D eigenvalue weighted by Gasteiger charge is -2.05. The molecule has 0 saturated carbocycles. The van der Waals surface area contributed by atoms with Crippen molar-refractivity contribution in [2.45, 2.75) is 27.2 Å². The summed E-state index contributed by atoms with van der Waals surface area (Å²) in [6.07, 6.45) is 0.604. The van der Waals surface area contributed by atoms with Gasteiger partial charge in [0.2, 0.25) is 5.91 Å². The lowest BCUT2D eigenvalue weighted by atomic mass is 10.4. The minimum Gasteiger partial charge on any atom is -0.349 e. The topological polar surface area (TPSA) is 20.3 Å². The second-order valence-electron chi connectivity index (χ2n) is 1.64. The molecule has 9 heavy (non-hydrogen) atoms. The molecule has 0 heterocycles. The fourth-order valence-electron chi connectivity index (χ4n) is 0.316. The van der Waals surface area contributed by atoms with Gasteiger partial charge in [-0.3, -0.25) is 4.79 Å². The summed E-state index contributed by atoms with van der Waals surface area (Å²) in [5.74, 6) is 0.181. The summed E-state index contributed by atoms with van der Waals surface area (Å²) in [6, 6.07) is 0. The molecule has 0 aromatic carbocycles. The van der Waals surface area contributed by atoms with Crippen LogP contribution in [0.5, 0.6) is 0 Å². The fraction of sp³-hybridized carbons (Fsp3) is 0.857. The molecule has 0 N–H and O–H groups in total. The third-order valence-electron chi connectivity index (χ3n) is 0.801. The highest BCUT2D eigenvalue weighted by atomic mass is 16.2. The molecule has 0 radical (unpaired) electrons. The second kappa shape index (κ2) is 7.47. The van der Waals surface area contributed by atoms with Gasteiger partial charge < -0.3 is 4.90 Å². The Morgan fingerprint density at radius 2 is 1.67 bits per heavy atom. The van der Waals surface area contributed by atoms with Gasteiger partial charge in [0.1, 0.15) is 0 Å². The molecule has 0 aromatic rings. The van der Waals surface area contributed by atoms with Crippen LogP contribution in [0.4, 0.5) is 0 Å².